The highest BCUT2D eigenvalue weighted by Gasteiger charge is 2.44. The number of hydrogen-bond donors (Lipinski definition) is 0. The molecule has 0 atom stereocenters. The summed E-state index contributed by atoms with van der Waals surface area (Å²) in [5.74, 6) is 1.80. The van der Waals surface area contributed by atoms with E-state index >= 15 is 0 Å². The lowest BCUT2D eigenvalue weighted by Crippen LogP contribution is -2.59. The van der Waals surface area contributed by atoms with Crippen molar-refractivity contribution in [2.24, 2.45) is 0 Å². The van der Waals surface area contributed by atoms with Crippen LogP contribution in [-0.4, -0.2) is 6.71 Å². The van der Waals surface area contributed by atoms with Crippen molar-refractivity contribution in [1.82, 2.24) is 0 Å². The van der Waals surface area contributed by atoms with Gasteiger partial charge in [-0.25, -0.2) is 0 Å². The van der Waals surface area contributed by atoms with E-state index in [4.69, 9.17) is 4.74 Å². The summed E-state index contributed by atoms with van der Waals surface area (Å²) >= 11 is 0. The second-order valence-electron chi connectivity index (χ2n) is 22.3. The van der Waals surface area contributed by atoms with Gasteiger partial charge in [-0.05, 0) is 140 Å². The highest BCUT2D eigenvalue weighted by molar-refractivity contribution is 6.99. The maximum Gasteiger partial charge on any atom is 0.256 e. The van der Waals surface area contributed by atoms with Gasteiger partial charge in [0.15, 0.2) is 0 Å². The second-order valence-corrected chi connectivity index (χ2v) is 22.3. The largest absolute Gasteiger partial charge is 0.458 e. The maximum atomic E-state index is 7.25. The van der Waals surface area contributed by atoms with Crippen molar-refractivity contribution >= 4 is 72.5 Å². The van der Waals surface area contributed by atoms with Crippen LogP contribution in [0, 0.1) is 0 Å². The van der Waals surface area contributed by atoms with Crippen LogP contribution in [0.1, 0.15) is 26.3 Å². The molecule has 2 aliphatic rings. The van der Waals surface area contributed by atoms with Gasteiger partial charge in [0.05, 0.1) is 5.69 Å². The minimum atomic E-state index is -0.191. The molecule has 0 saturated carbocycles. The Kier molecular flexibility index (Phi) is 10.9. The Balaban J connectivity index is 1.04. The molecule has 0 N–H and O–H groups in total. The van der Waals surface area contributed by atoms with Gasteiger partial charge < -0.3 is 9.64 Å². The third-order valence-corrected chi connectivity index (χ3v) is 16.7. The first-order valence-electron chi connectivity index (χ1n) is 27.6. The summed E-state index contributed by atoms with van der Waals surface area (Å²) in [6.07, 6.45) is 0. The highest BCUT2D eigenvalue weighted by atomic mass is 16.5. The van der Waals surface area contributed by atoms with Gasteiger partial charge in [0.1, 0.15) is 11.5 Å². The predicted molar refractivity (Wildman–Crippen MR) is 336 cm³/mol. The summed E-state index contributed by atoms with van der Waals surface area (Å²) in [5, 5.41) is 7.36. The zero-order chi connectivity index (χ0) is 52.8. The molecular weight excluding hydrogens is 954 g/mol. The quantitative estimate of drug-likeness (QED) is 0.117. The molecule has 79 heavy (non-hydrogen) atoms. The standard InChI is InChI=1S/C76H54BNO/c1-76(2,3)55-47-69-74-71(48-55)79-70-44-40-53(49-23-8-4-9-24-49)45-67(70)77(74)66-43-39-54(46-68(66)78(69)75-57(51-27-12-6-13-28-51)37-22-38-58(75)52-29-14-7-15-30-52)72-61-33-18-20-35-63(61)73(64-36-21-19-34-62(64)72)65-42-41-56(50-25-10-5-11-26-50)59-31-16-17-32-60(59)65/h4-48H,1-3H3. The summed E-state index contributed by atoms with van der Waals surface area (Å²) in [5.41, 5.74) is 22.3. The number of ether oxygens (including phenoxy) is 1. The lowest BCUT2D eigenvalue weighted by molar-refractivity contribution is 0.483. The van der Waals surface area contributed by atoms with E-state index in [2.05, 4.69) is 299 Å². The number of rotatable bonds is 7. The third kappa shape index (κ3) is 7.64. The molecule has 2 heterocycles. The maximum absolute atomic E-state index is 7.25. The molecule has 0 unspecified atom stereocenters. The molecule has 0 bridgehead atoms. The molecule has 372 valence electrons. The average Bonchev–Trinajstić information content (AvgIpc) is 3.58. The SMILES string of the molecule is CC(C)(C)c1cc2c3c(c1)N(c1c(-c4ccccc4)cccc1-c1ccccc1)c1cc(-c4c5ccccc5c(-c5ccc(-c6ccccc6)c6ccccc56)c5ccccc45)ccc1B3c1cc(-c3ccccc3)ccc1O2. The number of anilines is 3. The Morgan fingerprint density at radius 2 is 0.797 bits per heavy atom. The van der Waals surface area contributed by atoms with Crippen LogP contribution in [0.25, 0.3) is 99.1 Å². The van der Waals surface area contributed by atoms with Crippen LogP contribution in [-0.2, 0) is 5.41 Å². The Hall–Kier alpha value is -9.70. The van der Waals surface area contributed by atoms with Crippen LogP contribution in [0.15, 0.2) is 273 Å². The van der Waals surface area contributed by atoms with Crippen LogP contribution >= 0.6 is 0 Å². The number of hydrogen-bond acceptors (Lipinski definition) is 2. The zero-order valence-corrected chi connectivity index (χ0v) is 44.4. The van der Waals surface area contributed by atoms with E-state index in [9.17, 15) is 0 Å². The van der Waals surface area contributed by atoms with E-state index in [1.54, 1.807) is 0 Å². The van der Waals surface area contributed by atoms with E-state index in [0.717, 1.165) is 61.8 Å². The van der Waals surface area contributed by atoms with Crippen LogP contribution in [0.2, 0.25) is 0 Å². The van der Waals surface area contributed by atoms with Crippen molar-refractivity contribution < 1.29 is 4.74 Å². The predicted octanol–water partition coefficient (Wildman–Crippen LogP) is 18.9. The van der Waals surface area contributed by atoms with Gasteiger partial charge >= 0.3 is 0 Å². The first-order valence-corrected chi connectivity index (χ1v) is 27.6. The number of benzene rings is 13. The molecule has 0 fully saturated rings. The van der Waals surface area contributed by atoms with E-state index in [1.807, 2.05) is 0 Å². The Morgan fingerprint density at radius 3 is 1.37 bits per heavy atom. The number of fused-ring (bicyclic) bond motifs is 7. The van der Waals surface area contributed by atoms with Crippen molar-refractivity contribution in [3.8, 4) is 78.3 Å². The average molecular weight is 1010 g/mol. The number of para-hydroxylation sites is 1. The van der Waals surface area contributed by atoms with Crippen LogP contribution in [0.4, 0.5) is 17.1 Å². The third-order valence-electron chi connectivity index (χ3n) is 16.7. The van der Waals surface area contributed by atoms with E-state index in [0.29, 0.717) is 0 Å². The Labute approximate surface area is 462 Å². The van der Waals surface area contributed by atoms with Crippen molar-refractivity contribution in [1.29, 1.82) is 0 Å². The molecule has 13 aromatic carbocycles. The summed E-state index contributed by atoms with van der Waals surface area (Å²) in [6, 6.07) is 101. The topological polar surface area (TPSA) is 12.5 Å². The second kappa shape index (κ2) is 18.5. The summed E-state index contributed by atoms with van der Waals surface area (Å²) < 4.78 is 7.25. The van der Waals surface area contributed by atoms with Gasteiger partial charge in [0.25, 0.3) is 6.71 Å². The van der Waals surface area contributed by atoms with Crippen molar-refractivity contribution in [2.45, 2.75) is 26.2 Å². The molecule has 0 amide bonds. The van der Waals surface area contributed by atoms with Gasteiger partial charge in [-0.15, -0.1) is 0 Å². The van der Waals surface area contributed by atoms with E-state index < -0.39 is 0 Å². The van der Waals surface area contributed by atoms with Crippen LogP contribution < -0.4 is 26.0 Å². The molecule has 0 radical (unpaired) electrons. The number of nitrogens with zero attached hydrogens (tertiary/aromatic N) is 1. The monoisotopic (exact) mass is 1010 g/mol. The van der Waals surface area contributed by atoms with Crippen molar-refractivity contribution in [3.05, 3.63) is 279 Å². The molecule has 2 nitrogen and oxygen atoms in total. The van der Waals surface area contributed by atoms with Gasteiger partial charge in [-0.2, -0.15) is 0 Å². The van der Waals surface area contributed by atoms with Gasteiger partial charge in [0, 0.05) is 22.5 Å². The molecule has 0 spiro atoms. The molecule has 0 aromatic heterocycles. The van der Waals surface area contributed by atoms with E-state index in [-0.39, 0.29) is 12.1 Å². The van der Waals surface area contributed by atoms with Crippen molar-refractivity contribution in [3.63, 3.8) is 0 Å². The fraction of sp³-hybridized carbons (Fsp3) is 0.0526. The molecule has 13 aromatic rings. The van der Waals surface area contributed by atoms with Gasteiger partial charge in [-0.1, -0.05) is 269 Å². The summed E-state index contributed by atoms with van der Waals surface area (Å²) in [6.45, 7) is 6.82. The zero-order valence-electron chi connectivity index (χ0n) is 44.4. The van der Waals surface area contributed by atoms with Gasteiger partial charge in [-0.3, -0.25) is 0 Å². The smallest absolute Gasteiger partial charge is 0.256 e. The fourth-order valence-corrected chi connectivity index (χ4v) is 13.0. The molecule has 2 aliphatic heterocycles. The van der Waals surface area contributed by atoms with Crippen molar-refractivity contribution in [2.75, 3.05) is 4.90 Å². The first kappa shape index (κ1) is 46.6. The fourth-order valence-electron chi connectivity index (χ4n) is 13.0. The highest BCUT2D eigenvalue weighted by Crippen LogP contribution is 2.52. The molecule has 0 aliphatic carbocycles. The molecule has 0 saturated heterocycles. The van der Waals surface area contributed by atoms with Gasteiger partial charge in [0.2, 0.25) is 0 Å². The van der Waals surface area contributed by atoms with Crippen LogP contribution in [0.3, 0.4) is 0 Å². The first-order chi connectivity index (χ1) is 38.9. The minimum absolute atomic E-state index is 0.126. The lowest BCUT2D eigenvalue weighted by Gasteiger charge is -2.42. The Morgan fingerprint density at radius 1 is 0.316 bits per heavy atom. The minimum Gasteiger partial charge on any atom is -0.458 e. The lowest BCUT2D eigenvalue weighted by atomic mass is 9.34. The van der Waals surface area contributed by atoms with E-state index in [1.165, 1.54) is 87.8 Å². The molecule has 3 heteroatoms. The molecular formula is C76H54BNO. The van der Waals surface area contributed by atoms with Crippen LogP contribution in [0.5, 0.6) is 11.5 Å². The summed E-state index contributed by atoms with van der Waals surface area (Å²) in [7, 11) is 0. The Bertz CT molecular complexity index is 4430. The normalized spacial score (nSPS) is 12.5. The summed E-state index contributed by atoms with van der Waals surface area (Å²) in [4.78, 5) is 2.61. The molecule has 15 rings (SSSR count).